The molecule has 3 N–H and O–H groups in total. The molecule has 6 nitrogen and oxygen atoms in total. The zero-order valence-electron chi connectivity index (χ0n) is 13.7. The number of hydrogen-bond donors (Lipinski definition) is 3. The number of carbonyl (C=O) groups is 2. The summed E-state index contributed by atoms with van der Waals surface area (Å²) in [6.45, 7) is 6.84. The number of nitrogens with zero attached hydrogens (tertiary/aromatic N) is 1. The van der Waals surface area contributed by atoms with E-state index < -0.39 is 0 Å². The van der Waals surface area contributed by atoms with E-state index in [1.54, 1.807) is 0 Å². The standard InChI is InChI=1S/C16H30N4O2/c1-2-7-18-15(21)12-20-9-4-5-13(11-20)10-19-16(22)14-6-3-8-17-14/h13-14,17H,2-12H2,1H3,(H,18,21)(H,19,22). The van der Waals surface area contributed by atoms with Crippen LogP contribution >= 0.6 is 0 Å². The van der Waals surface area contributed by atoms with E-state index >= 15 is 0 Å². The molecular weight excluding hydrogens is 280 g/mol. The van der Waals surface area contributed by atoms with Crippen molar-refractivity contribution >= 4 is 11.8 Å². The maximum atomic E-state index is 12.0. The molecule has 0 spiro atoms. The van der Waals surface area contributed by atoms with E-state index in [0.29, 0.717) is 12.5 Å². The first kappa shape index (κ1) is 17.2. The van der Waals surface area contributed by atoms with Gasteiger partial charge in [0.15, 0.2) is 0 Å². The predicted octanol–water partition coefficient (Wildman–Crippen LogP) is 0.0928. The van der Waals surface area contributed by atoms with Crippen LogP contribution in [0.15, 0.2) is 0 Å². The second kappa shape index (κ2) is 9.10. The zero-order chi connectivity index (χ0) is 15.8. The quantitative estimate of drug-likeness (QED) is 0.623. The summed E-state index contributed by atoms with van der Waals surface area (Å²) >= 11 is 0. The molecule has 6 heteroatoms. The van der Waals surface area contributed by atoms with Crippen molar-refractivity contribution in [2.75, 3.05) is 39.3 Å². The van der Waals surface area contributed by atoms with Crippen molar-refractivity contribution in [3.8, 4) is 0 Å². The molecule has 2 amide bonds. The Morgan fingerprint density at radius 3 is 2.82 bits per heavy atom. The number of carbonyl (C=O) groups excluding carboxylic acids is 2. The van der Waals surface area contributed by atoms with Crippen LogP contribution in [0, 0.1) is 5.92 Å². The van der Waals surface area contributed by atoms with Crippen LogP contribution in [0.2, 0.25) is 0 Å². The summed E-state index contributed by atoms with van der Waals surface area (Å²) < 4.78 is 0. The molecule has 0 aromatic carbocycles. The molecule has 22 heavy (non-hydrogen) atoms. The lowest BCUT2D eigenvalue weighted by molar-refractivity contribution is -0.124. The van der Waals surface area contributed by atoms with Crippen LogP contribution in [-0.2, 0) is 9.59 Å². The van der Waals surface area contributed by atoms with Crippen LogP contribution in [0.25, 0.3) is 0 Å². The molecule has 2 aliphatic rings. The average molecular weight is 310 g/mol. The monoisotopic (exact) mass is 310 g/mol. The molecule has 0 aliphatic carbocycles. The Labute approximate surface area is 133 Å². The highest BCUT2D eigenvalue weighted by molar-refractivity contribution is 5.82. The van der Waals surface area contributed by atoms with Gasteiger partial charge in [0.05, 0.1) is 12.6 Å². The fourth-order valence-corrected chi connectivity index (χ4v) is 3.26. The summed E-state index contributed by atoms with van der Waals surface area (Å²) in [5, 5.41) is 9.22. The third-order valence-electron chi connectivity index (χ3n) is 4.48. The van der Waals surface area contributed by atoms with Crippen molar-refractivity contribution in [1.29, 1.82) is 0 Å². The van der Waals surface area contributed by atoms with Gasteiger partial charge in [-0.25, -0.2) is 0 Å². The fraction of sp³-hybridized carbons (Fsp3) is 0.875. The van der Waals surface area contributed by atoms with Crippen LogP contribution in [0.4, 0.5) is 0 Å². The number of hydrogen-bond acceptors (Lipinski definition) is 4. The van der Waals surface area contributed by atoms with Crippen LogP contribution in [0.5, 0.6) is 0 Å². The van der Waals surface area contributed by atoms with Gasteiger partial charge in [-0.2, -0.15) is 0 Å². The van der Waals surface area contributed by atoms with Crippen LogP contribution in [-0.4, -0.2) is 62.0 Å². The number of likely N-dealkylation sites (tertiary alicyclic amines) is 1. The minimum absolute atomic E-state index is 0.000449. The van der Waals surface area contributed by atoms with Gasteiger partial charge in [0.25, 0.3) is 0 Å². The van der Waals surface area contributed by atoms with Crippen molar-refractivity contribution in [3.63, 3.8) is 0 Å². The van der Waals surface area contributed by atoms with Gasteiger partial charge in [-0.1, -0.05) is 6.92 Å². The molecule has 2 heterocycles. The van der Waals surface area contributed by atoms with Crippen molar-refractivity contribution in [1.82, 2.24) is 20.9 Å². The first-order chi connectivity index (χ1) is 10.7. The number of nitrogens with one attached hydrogen (secondary N) is 3. The molecule has 2 unspecified atom stereocenters. The van der Waals surface area contributed by atoms with E-state index in [1.165, 1.54) is 0 Å². The molecular formula is C16H30N4O2. The van der Waals surface area contributed by atoms with Crippen LogP contribution in [0.1, 0.15) is 39.0 Å². The van der Waals surface area contributed by atoms with Crippen LogP contribution < -0.4 is 16.0 Å². The van der Waals surface area contributed by atoms with Gasteiger partial charge in [-0.05, 0) is 51.1 Å². The highest BCUT2D eigenvalue weighted by Crippen LogP contribution is 2.15. The molecule has 0 radical (unpaired) electrons. The summed E-state index contributed by atoms with van der Waals surface area (Å²) in [4.78, 5) is 26.0. The van der Waals surface area contributed by atoms with E-state index in [1.807, 2.05) is 0 Å². The summed E-state index contributed by atoms with van der Waals surface area (Å²) in [7, 11) is 0. The second-order valence-corrected chi connectivity index (χ2v) is 6.49. The Bertz CT molecular complexity index is 369. The molecule has 0 aromatic heterocycles. The van der Waals surface area contributed by atoms with Crippen molar-refractivity contribution in [2.45, 2.75) is 45.1 Å². The summed E-state index contributed by atoms with van der Waals surface area (Å²) in [6.07, 6.45) is 5.23. The van der Waals surface area contributed by atoms with Crippen molar-refractivity contribution in [3.05, 3.63) is 0 Å². The van der Waals surface area contributed by atoms with E-state index in [4.69, 9.17) is 0 Å². The van der Waals surface area contributed by atoms with Gasteiger partial charge < -0.3 is 16.0 Å². The number of piperidine rings is 1. The Hall–Kier alpha value is -1.14. The molecule has 0 saturated carbocycles. The lowest BCUT2D eigenvalue weighted by atomic mass is 9.98. The zero-order valence-corrected chi connectivity index (χ0v) is 13.7. The van der Waals surface area contributed by atoms with Gasteiger partial charge in [0, 0.05) is 19.6 Å². The SMILES string of the molecule is CCCNC(=O)CN1CCCC(CNC(=O)C2CCCN2)C1. The van der Waals surface area contributed by atoms with E-state index in [2.05, 4.69) is 27.8 Å². The first-order valence-corrected chi connectivity index (χ1v) is 8.69. The van der Waals surface area contributed by atoms with Gasteiger partial charge in [-0.3, -0.25) is 14.5 Å². The third kappa shape index (κ3) is 5.57. The molecule has 2 atom stereocenters. The molecule has 2 rings (SSSR count). The number of amides is 2. The summed E-state index contributed by atoms with van der Waals surface area (Å²) in [6, 6.07) is -0.000449. The molecule has 0 aromatic rings. The Morgan fingerprint density at radius 1 is 1.23 bits per heavy atom. The minimum atomic E-state index is -0.000449. The van der Waals surface area contributed by atoms with Gasteiger partial charge in [0.2, 0.25) is 11.8 Å². The minimum Gasteiger partial charge on any atom is -0.355 e. The Balaban J connectivity index is 1.66. The highest BCUT2D eigenvalue weighted by Gasteiger charge is 2.25. The Kier molecular flexibility index (Phi) is 7.12. The van der Waals surface area contributed by atoms with E-state index in [9.17, 15) is 9.59 Å². The first-order valence-electron chi connectivity index (χ1n) is 8.69. The lowest BCUT2D eigenvalue weighted by Crippen LogP contribution is -2.47. The second-order valence-electron chi connectivity index (χ2n) is 6.49. The molecule has 0 bridgehead atoms. The fourth-order valence-electron chi connectivity index (χ4n) is 3.26. The predicted molar refractivity (Wildman–Crippen MR) is 86.5 cm³/mol. The topological polar surface area (TPSA) is 73.5 Å². The largest absolute Gasteiger partial charge is 0.355 e. The number of rotatable bonds is 7. The molecule has 2 fully saturated rings. The molecule has 2 aliphatic heterocycles. The van der Waals surface area contributed by atoms with E-state index in [-0.39, 0.29) is 17.9 Å². The maximum absolute atomic E-state index is 12.0. The molecule has 2 saturated heterocycles. The highest BCUT2D eigenvalue weighted by atomic mass is 16.2. The smallest absolute Gasteiger partial charge is 0.237 e. The van der Waals surface area contributed by atoms with Gasteiger partial charge >= 0.3 is 0 Å². The van der Waals surface area contributed by atoms with E-state index in [0.717, 1.165) is 64.8 Å². The van der Waals surface area contributed by atoms with Gasteiger partial charge in [0.1, 0.15) is 0 Å². The van der Waals surface area contributed by atoms with Crippen LogP contribution in [0.3, 0.4) is 0 Å². The van der Waals surface area contributed by atoms with Crippen molar-refractivity contribution < 1.29 is 9.59 Å². The summed E-state index contributed by atoms with van der Waals surface area (Å²) in [5.74, 6) is 0.704. The maximum Gasteiger partial charge on any atom is 0.237 e. The Morgan fingerprint density at radius 2 is 2.09 bits per heavy atom. The van der Waals surface area contributed by atoms with Crippen molar-refractivity contribution in [2.24, 2.45) is 5.92 Å². The lowest BCUT2D eigenvalue weighted by Gasteiger charge is -2.32. The van der Waals surface area contributed by atoms with Gasteiger partial charge in [-0.15, -0.1) is 0 Å². The third-order valence-corrected chi connectivity index (χ3v) is 4.48. The summed E-state index contributed by atoms with van der Waals surface area (Å²) in [5.41, 5.74) is 0. The normalized spacial score (nSPS) is 25.9. The average Bonchev–Trinajstić information content (AvgIpc) is 3.05. The molecule has 126 valence electrons.